The largest absolute Gasteiger partial charge is 0.458 e. The van der Waals surface area contributed by atoms with Crippen molar-refractivity contribution in [1.29, 1.82) is 0 Å². The van der Waals surface area contributed by atoms with Gasteiger partial charge < -0.3 is 9.47 Å². The van der Waals surface area contributed by atoms with Crippen LogP contribution in [-0.4, -0.2) is 6.71 Å². The highest BCUT2D eigenvalue weighted by Gasteiger charge is 2.40. The van der Waals surface area contributed by atoms with Crippen LogP contribution in [0.25, 0.3) is 45.2 Å². The van der Waals surface area contributed by atoms with Gasteiger partial charge in [-0.25, -0.2) is 0 Å². The van der Waals surface area contributed by atoms with Crippen molar-refractivity contribution < 1.29 is 9.47 Å². The second-order valence-electron chi connectivity index (χ2n) is 10.6. The second kappa shape index (κ2) is 9.14. The van der Waals surface area contributed by atoms with Crippen molar-refractivity contribution in [1.82, 2.24) is 0 Å². The van der Waals surface area contributed by atoms with Crippen molar-refractivity contribution in [2.45, 2.75) is 0 Å². The molecule has 0 saturated heterocycles. The Bertz CT molecular complexity index is 2050. The van der Waals surface area contributed by atoms with Gasteiger partial charge in [0.05, 0.1) is 0 Å². The van der Waals surface area contributed by atoms with Crippen molar-refractivity contribution in [3.05, 3.63) is 140 Å². The molecule has 0 fully saturated rings. The lowest BCUT2D eigenvalue weighted by molar-refractivity contribution is 0.464. The summed E-state index contributed by atoms with van der Waals surface area (Å²) >= 11 is 0. The molecule has 0 aliphatic carbocycles. The number of rotatable bonds is 4. The fourth-order valence-corrected chi connectivity index (χ4v) is 6.27. The van der Waals surface area contributed by atoms with Crippen molar-refractivity contribution in [2.75, 3.05) is 0 Å². The van der Waals surface area contributed by atoms with Crippen LogP contribution in [0.2, 0.25) is 0 Å². The molecule has 0 bridgehead atoms. The number of fused-ring (bicyclic) bond motifs is 5. The zero-order chi connectivity index (χ0) is 27.5. The maximum absolute atomic E-state index is 6.53. The molecule has 0 N–H and O–H groups in total. The quantitative estimate of drug-likeness (QED) is 0.216. The van der Waals surface area contributed by atoms with E-state index < -0.39 is 0 Å². The summed E-state index contributed by atoms with van der Waals surface area (Å²) in [7, 11) is 0. The molecule has 2 aliphatic heterocycles. The van der Waals surface area contributed by atoms with Crippen molar-refractivity contribution >= 4 is 46.0 Å². The van der Waals surface area contributed by atoms with Crippen LogP contribution in [0.15, 0.2) is 128 Å². The van der Waals surface area contributed by atoms with E-state index in [1.165, 1.54) is 16.3 Å². The average molecular weight is 524 g/mol. The summed E-state index contributed by atoms with van der Waals surface area (Å²) in [5, 5.41) is 2.47. The van der Waals surface area contributed by atoms with E-state index in [1.807, 2.05) is 30.4 Å². The Kier molecular flexibility index (Phi) is 5.26. The lowest BCUT2D eigenvalue weighted by atomic mass is 9.35. The van der Waals surface area contributed by atoms with E-state index in [0.29, 0.717) is 0 Å². The Morgan fingerprint density at radius 2 is 1.02 bits per heavy atom. The minimum absolute atomic E-state index is 0.0280. The first kappa shape index (κ1) is 23.6. The monoisotopic (exact) mass is 524 g/mol. The van der Waals surface area contributed by atoms with Crippen molar-refractivity contribution in [2.24, 2.45) is 0 Å². The third-order valence-electron chi connectivity index (χ3n) is 8.35. The molecule has 2 aliphatic rings. The molecule has 0 unspecified atom stereocenters. The number of ether oxygens (including phenoxy) is 2. The SMILES string of the molecule is C=Cc1ccc(-c2ccc3c(c2)Oc2cccc4c2B3c2ccc(-c3ccc5ccccc5c3)cc2O4)cc1C=C. The van der Waals surface area contributed by atoms with E-state index in [0.717, 1.165) is 67.2 Å². The van der Waals surface area contributed by atoms with Crippen LogP contribution < -0.4 is 25.9 Å². The average Bonchev–Trinajstić information content (AvgIpc) is 3.03. The molecule has 2 heterocycles. The lowest BCUT2D eigenvalue weighted by Gasteiger charge is -2.33. The molecule has 0 amide bonds. The van der Waals surface area contributed by atoms with Crippen molar-refractivity contribution in [3.63, 3.8) is 0 Å². The summed E-state index contributed by atoms with van der Waals surface area (Å²) in [6, 6.07) is 40.7. The minimum atomic E-state index is 0.0280. The minimum Gasteiger partial charge on any atom is -0.458 e. The maximum Gasteiger partial charge on any atom is 0.260 e. The lowest BCUT2D eigenvalue weighted by Crippen LogP contribution is -2.57. The van der Waals surface area contributed by atoms with E-state index in [1.54, 1.807) is 0 Å². The highest BCUT2D eigenvalue weighted by Crippen LogP contribution is 2.37. The maximum atomic E-state index is 6.53. The Labute approximate surface area is 239 Å². The molecule has 0 spiro atoms. The van der Waals surface area contributed by atoms with E-state index in [-0.39, 0.29) is 6.71 Å². The molecule has 192 valence electrons. The Morgan fingerprint density at radius 3 is 1.68 bits per heavy atom. The second-order valence-corrected chi connectivity index (χ2v) is 10.6. The highest BCUT2D eigenvalue weighted by molar-refractivity contribution is 6.98. The zero-order valence-corrected chi connectivity index (χ0v) is 22.4. The van der Waals surface area contributed by atoms with E-state index in [2.05, 4.69) is 110 Å². The molecule has 6 aromatic carbocycles. The molecule has 6 aromatic rings. The topological polar surface area (TPSA) is 18.5 Å². The summed E-state index contributed by atoms with van der Waals surface area (Å²) in [6.07, 6.45) is 3.73. The van der Waals surface area contributed by atoms with Gasteiger partial charge in [-0.2, -0.15) is 0 Å². The normalized spacial score (nSPS) is 12.4. The molecule has 0 atom stereocenters. The van der Waals surface area contributed by atoms with Crippen LogP contribution in [0.5, 0.6) is 23.0 Å². The summed E-state index contributed by atoms with van der Waals surface area (Å²) in [6.45, 7) is 7.94. The third kappa shape index (κ3) is 3.74. The van der Waals surface area contributed by atoms with Gasteiger partial charge in [-0.3, -0.25) is 0 Å². The summed E-state index contributed by atoms with van der Waals surface area (Å²) in [4.78, 5) is 0. The van der Waals surface area contributed by atoms with Crippen LogP contribution in [-0.2, 0) is 0 Å². The molecular weight excluding hydrogens is 499 g/mol. The number of hydrogen-bond donors (Lipinski definition) is 0. The van der Waals surface area contributed by atoms with Gasteiger partial charge in [0.25, 0.3) is 6.71 Å². The van der Waals surface area contributed by atoms with E-state index in [9.17, 15) is 0 Å². The van der Waals surface area contributed by atoms with Gasteiger partial charge in [0.2, 0.25) is 0 Å². The van der Waals surface area contributed by atoms with E-state index >= 15 is 0 Å². The van der Waals surface area contributed by atoms with Crippen molar-refractivity contribution in [3.8, 4) is 45.3 Å². The summed E-state index contributed by atoms with van der Waals surface area (Å²) in [5.74, 6) is 3.45. The Morgan fingerprint density at radius 1 is 0.463 bits per heavy atom. The summed E-state index contributed by atoms with van der Waals surface area (Å²) < 4.78 is 13.1. The van der Waals surface area contributed by atoms with Gasteiger partial charge in [0.15, 0.2) is 0 Å². The van der Waals surface area contributed by atoms with Gasteiger partial charge in [0.1, 0.15) is 23.0 Å². The molecule has 0 saturated carbocycles. The molecule has 2 nitrogen and oxygen atoms in total. The van der Waals surface area contributed by atoms with Gasteiger partial charge in [0, 0.05) is 5.46 Å². The van der Waals surface area contributed by atoms with Crippen LogP contribution >= 0.6 is 0 Å². The van der Waals surface area contributed by atoms with Crippen LogP contribution in [0.1, 0.15) is 11.1 Å². The molecule has 41 heavy (non-hydrogen) atoms. The van der Waals surface area contributed by atoms with Crippen LogP contribution in [0, 0.1) is 0 Å². The Balaban J connectivity index is 1.24. The zero-order valence-electron chi connectivity index (χ0n) is 22.4. The number of hydrogen-bond acceptors (Lipinski definition) is 2. The fourth-order valence-electron chi connectivity index (χ4n) is 6.27. The third-order valence-corrected chi connectivity index (χ3v) is 8.35. The number of benzene rings is 6. The first-order valence-electron chi connectivity index (χ1n) is 13.8. The fraction of sp³-hybridized carbons (Fsp3) is 0. The van der Waals surface area contributed by atoms with Crippen LogP contribution in [0.4, 0.5) is 0 Å². The predicted octanol–water partition coefficient (Wildman–Crippen LogP) is 8.19. The molecule has 0 aromatic heterocycles. The molecule has 0 radical (unpaired) electrons. The van der Waals surface area contributed by atoms with Gasteiger partial charge >= 0.3 is 0 Å². The standard InChI is InChI=1S/C38H25BO2/c1-3-24-12-14-28(20-25(24)4-2)30-16-18-32-36(22-30)40-34-10-7-11-35-38(34)39(32)33-19-17-31(23-37(33)41-35)29-15-13-26-8-5-6-9-27(26)21-29/h3-23H,1-2H2. The van der Waals surface area contributed by atoms with Gasteiger partial charge in [-0.05, 0) is 91.5 Å². The Hall–Kier alpha value is -5.28. The molecular formula is C38H25BO2. The smallest absolute Gasteiger partial charge is 0.260 e. The van der Waals surface area contributed by atoms with Crippen LogP contribution in [0.3, 0.4) is 0 Å². The molecule has 8 rings (SSSR count). The summed E-state index contributed by atoms with van der Waals surface area (Å²) in [5.41, 5.74) is 10.0. The predicted molar refractivity (Wildman–Crippen MR) is 173 cm³/mol. The van der Waals surface area contributed by atoms with Gasteiger partial charge in [-0.15, -0.1) is 0 Å². The first-order valence-corrected chi connectivity index (χ1v) is 13.8. The highest BCUT2D eigenvalue weighted by atomic mass is 16.5. The molecule has 3 heteroatoms. The van der Waals surface area contributed by atoms with E-state index in [4.69, 9.17) is 9.47 Å². The first-order chi connectivity index (χ1) is 20.2. The van der Waals surface area contributed by atoms with Gasteiger partial charge in [-0.1, -0.05) is 104 Å².